The molecular formula is C38H39N3O6. The number of rotatable bonds is 13. The van der Waals surface area contributed by atoms with E-state index in [1.807, 2.05) is 79.1 Å². The molecule has 9 nitrogen and oxygen atoms in total. The van der Waals surface area contributed by atoms with Crippen LogP contribution in [0.15, 0.2) is 103 Å². The zero-order chi connectivity index (χ0) is 32.6. The van der Waals surface area contributed by atoms with Gasteiger partial charge in [-0.15, -0.1) is 0 Å². The van der Waals surface area contributed by atoms with E-state index in [0.717, 1.165) is 44.4 Å². The summed E-state index contributed by atoms with van der Waals surface area (Å²) in [5.74, 6) is -0.924. The first kappa shape index (κ1) is 32.1. The van der Waals surface area contributed by atoms with Gasteiger partial charge in [0.2, 0.25) is 5.91 Å². The van der Waals surface area contributed by atoms with Crippen molar-refractivity contribution < 1.29 is 29.3 Å². The topological polar surface area (TPSA) is 123 Å². The highest BCUT2D eigenvalue weighted by Crippen LogP contribution is 2.39. The average Bonchev–Trinajstić information content (AvgIpc) is 3.51. The summed E-state index contributed by atoms with van der Waals surface area (Å²) in [7, 11) is 0. The lowest BCUT2D eigenvalue weighted by molar-refractivity contribution is -0.252. The number of carboxylic acid groups (broad SMARTS) is 1. The second-order valence-electron chi connectivity index (χ2n) is 11.9. The van der Waals surface area contributed by atoms with Crippen molar-refractivity contribution in [3.8, 4) is 11.1 Å². The second kappa shape index (κ2) is 15.2. The summed E-state index contributed by atoms with van der Waals surface area (Å²) in [6.07, 6.45) is 3.08. The summed E-state index contributed by atoms with van der Waals surface area (Å²) >= 11 is 0. The van der Waals surface area contributed by atoms with Crippen molar-refractivity contribution in [2.45, 2.75) is 70.3 Å². The first-order valence-corrected chi connectivity index (χ1v) is 16.0. The van der Waals surface area contributed by atoms with Crippen LogP contribution in [0.1, 0.15) is 66.8 Å². The van der Waals surface area contributed by atoms with Crippen LogP contribution in [0, 0.1) is 0 Å². The van der Waals surface area contributed by atoms with Crippen molar-refractivity contribution in [1.29, 1.82) is 0 Å². The Bertz CT molecular complexity index is 1800. The van der Waals surface area contributed by atoms with Gasteiger partial charge in [0.15, 0.2) is 6.29 Å². The maximum Gasteiger partial charge on any atom is 0.303 e. The number of imidazole rings is 1. The van der Waals surface area contributed by atoms with Gasteiger partial charge in [-0.3, -0.25) is 9.59 Å². The molecule has 4 aromatic carbocycles. The number of aliphatic hydroxyl groups excluding tert-OH is 1. The number of benzene rings is 4. The summed E-state index contributed by atoms with van der Waals surface area (Å²) < 4.78 is 15.3. The van der Waals surface area contributed by atoms with Crippen molar-refractivity contribution in [3.63, 3.8) is 0 Å². The lowest BCUT2D eigenvalue weighted by atomic mass is 9.99. The van der Waals surface area contributed by atoms with E-state index >= 15 is 0 Å². The molecule has 0 bridgehead atoms. The first-order chi connectivity index (χ1) is 22.9. The summed E-state index contributed by atoms with van der Waals surface area (Å²) in [5, 5.41) is 21.2. The summed E-state index contributed by atoms with van der Waals surface area (Å²) in [4.78, 5) is 27.4. The molecule has 1 aliphatic heterocycles. The van der Waals surface area contributed by atoms with Gasteiger partial charge in [0.25, 0.3) is 0 Å². The van der Waals surface area contributed by atoms with Crippen LogP contribution in [0.5, 0.6) is 0 Å². The average molecular weight is 634 g/mol. The number of nitrogens with zero attached hydrogens (tertiary/aromatic N) is 2. The zero-order valence-electron chi connectivity index (χ0n) is 26.1. The molecule has 0 unspecified atom stereocenters. The van der Waals surface area contributed by atoms with E-state index in [1.54, 1.807) is 0 Å². The van der Waals surface area contributed by atoms with E-state index in [-0.39, 0.29) is 31.1 Å². The van der Waals surface area contributed by atoms with Crippen LogP contribution in [0.3, 0.4) is 0 Å². The molecule has 3 atom stereocenters. The summed E-state index contributed by atoms with van der Waals surface area (Å²) in [6.45, 7) is 1.03. The predicted octanol–water partition coefficient (Wildman–Crippen LogP) is 6.70. The summed E-state index contributed by atoms with van der Waals surface area (Å²) in [6, 6.07) is 32.2. The molecule has 5 aromatic rings. The number of carbonyl (C=O) groups excluding carboxylic acids is 1. The lowest BCUT2D eigenvalue weighted by Crippen LogP contribution is -2.32. The van der Waals surface area contributed by atoms with Gasteiger partial charge in [-0.25, -0.2) is 4.98 Å². The molecule has 0 radical (unpaired) electrons. The minimum absolute atomic E-state index is 0.00601. The number of hydrogen-bond acceptors (Lipinski definition) is 6. The zero-order valence-corrected chi connectivity index (χ0v) is 26.1. The summed E-state index contributed by atoms with van der Waals surface area (Å²) in [5.41, 5.74) is 7.86. The number of hydrogen-bond donors (Lipinski definition) is 3. The third kappa shape index (κ3) is 8.31. The fourth-order valence-electron chi connectivity index (χ4n) is 5.95. The number of carboxylic acids is 1. The van der Waals surface area contributed by atoms with Gasteiger partial charge < -0.3 is 29.6 Å². The highest BCUT2D eigenvalue weighted by Gasteiger charge is 2.32. The number of aromatic nitrogens is 2. The number of para-hydroxylation sites is 2. The molecule has 6 rings (SSSR count). The minimum Gasteiger partial charge on any atom is -0.481 e. The Kier molecular flexibility index (Phi) is 10.4. The number of ether oxygens (including phenoxy) is 2. The highest BCUT2D eigenvalue weighted by atomic mass is 16.7. The van der Waals surface area contributed by atoms with Gasteiger partial charge in [-0.05, 0) is 58.9 Å². The number of aliphatic hydroxyl groups is 1. The van der Waals surface area contributed by atoms with Crippen molar-refractivity contribution in [1.82, 2.24) is 14.9 Å². The van der Waals surface area contributed by atoms with E-state index < -0.39 is 12.3 Å². The molecule has 1 amide bonds. The molecule has 1 fully saturated rings. The van der Waals surface area contributed by atoms with Gasteiger partial charge >= 0.3 is 5.97 Å². The van der Waals surface area contributed by atoms with Gasteiger partial charge in [0, 0.05) is 31.4 Å². The monoisotopic (exact) mass is 633 g/mol. The standard InChI is InChI=1S/C38H39N3O6/c42-24-26-12-14-29(15-13-26)35-21-32(23-41-25-40-33-8-1-2-9-34(33)41)46-38(47-35)30-18-16-28(17-19-30)31-7-5-6-27(20-31)22-39-36(43)10-3-4-11-37(44)45/h1-2,5-9,12-20,25,32,35,38,42H,3-4,10-11,21-24H2,(H,39,43)(H,44,45)/t32-,35+,38+/m0/s1. The van der Waals surface area contributed by atoms with E-state index in [2.05, 4.69) is 39.1 Å². The van der Waals surface area contributed by atoms with Crippen LogP contribution in [-0.4, -0.2) is 37.7 Å². The minimum atomic E-state index is -0.841. The maximum absolute atomic E-state index is 12.2. The molecule has 9 heteroatoms. The molecule has 3 N–H and O–H groups in total. The number of carbonyl (C=O) groups is 2. The van der Waals surface area contributed by atoms with Crippen molar-refractivity contribution in [2.24, 2.45) is 0 Å². The fraction of sp³-hybridized carbons (Fsp3) is 0.289. The highest BCUT2D eigenvalue weighted by molar-refractivity contribution is 5.76. The van der Waals surface area contributed by atoms with Crippen LogP contribution in [0.25, 0.3) is 22.2 Å². The lowest BCUT2D eigenvalue weighted by Gasteiger charge is -2.36. The van der Waals surface area contributed by atoms with Crippen LogP contribution < -0.4 is 5.32 Å². The number of nitrogens with one attached hydrogen (secondary N) is 1. The molecule has 0 saturated carbocycles. The molecule has 1 aliphatic rings. The van der Waals surface area contributed by atoms with E-state index in [0.29, 0.717) is 38.8 Å². The van der Waals surface area contributed by atoms with Crippen LogP contribution in [-0.2, 0) is 38.8 Å². The molecule has 47 heavy (non-hydrogen) atoms. The van der Waals surface area contributed by atoms with E-state index in [9.17, 15) is 14.7 Å². The van der Waals surface area contributed by atoms with Gasteiger partial charge in [0.1, 0.15) is 0 Å². The van der Waals surface area contributed by atoms with Crippen molar-refractivity contribution in [3.05, 3.63) is 126 Å². The molecule has 0 spiro atoms. The Morgan fingerprint density at radius 3 is 2.38 bits per heavy atom. The largest absolute Gasteiger partial charge is 0.481 e. The maximum atomic E-state index is 12.2. The van der Waals surface area contributed by atoms with Crippen molar-refractivity contribution in [2.75, 3.05) is 0 Å². The Balaban J connectivity index is 1.14. The second-order valence-corrected chi connectivity index (χ2v) is 11.9. The Labute approximate surface area is 273 Å². The molecule has 1 saturated heterocycles. The van der Waals surface area contributed by atoms with E-state index in [1.165, 1.54) is 0 Å². The fourth-order valence-corrected chi connectivity index (χ4v) is 5.95. The van der Waals surface area contributed by atoms with Crippen LogP contribution in [0.4, 0.5) is 0 Å². The number of unbranched alkanes of at least 4 members (excludes halogenated alkanes) is 1. The van der Waals surface area contributed by atoms with Crippen molar-refractivity contribution >= 4 is 22.9 Å². The molecule has 2 heterocycles. The third-order valence-electron chi connectivity index (χ3n) is 8.52. The van der Waals surface area contributed by atoms with Gasteiger partial charge in [0.05, 0.1) is 42.7 Å². The predicted molar refractivity (Wildman–Crippen MR) is 178 cm³/mol. The molecule has 242 valence electrons. The Hall–Kier alpha value is -4.83. The number of aliphatic carboxylic acids is 1. The quantitative estimate of drug-likeness (QED) is 0.123. The SMILES string of the molecule is O=C(O)CCCCC(=O)NCc1cccc(-c2ccc([C@@H]3O[C@H](Cn4cnc5ccccc54)C[C@H](c4ccc(CO)cc4)O3)cc2)c1. The Morgan fingerprint density at radius 2 is 1.60 bits per heavy atom. The number of fused-ring (bicyclic) bond motifs is 1. The molecule has 0 aliphatic carbocycles. The van der Waals surface area contributed by atoms with Crippen LogP contribution >= 0.6 is 0 Å². The van der Waals surface area contributed by atoms with Gasteiger partial charge in [-0.1, -0.05) is 78.9 Å². The first-order valence-electron chi connectivity index (χ1n) is 16.0. The molecule has 1 aromatic heterocycles. The number of amides is 1. The van der Waals surface area contributed by atoms with Gasteiger partial charge in [-0.2, -0.15) is 0 Å². The van der Waals surface area contributed by atoms with Crippen LogP contribution in [0.2, 0.25) is 0 Å². The third-order valence-corrected chi connectivity index (χ3v) is 8.52. The smallest absolute Gasteiger partial charge is 0.303 e. The van der Waals surface area contributed by atoms with E-state index in [4.69, 9.17) is 14.6 Å². The normalized spacial score (nSPS) is 17.9. The Morgan fingerprint density at radius 1 is 0.830 bits per heavy atom. The molecular weight excluding hydrogens is 594 g/mol.